The molecule has 2 heterocycles. The van der Waals surface area contributed by atoms with E-state index in [2.05, 4.69) is 34.6 Å². The van der Waals surface area contributed by atoms with Crippen LogP contribution in [0.3, 0.4) is 0 Å². The van der Waals surface area contributed by atoms with E-state index >= 15 is 0 Å². The summed E-state index contributed by atoms with van der Waals surface area (Å²) in [5.74, 6) is 0. The largest absolute Gasteiger partial charge is 0.377 e. The Morgan fingerprint density at radius 1 is 1.35 bits per heavy atom. The highest BCUT2D eigenvalue weighted by Gasteiger charge is 2.14. The lowest BCUT2D eigenvalue weighted by Gasteiger charge is -2.10. The van der Waals surface area contributed by atoms with Crippen molar-refractivity contribution in [3.8, 4) is 0 Å². The molecule has 0 bridgehead atoms. The number of nitrogens with one attached hydrogen (secondary N) is 2. The predicted molar refractivity (Wildman–Crippen MR) is 69.0 cm³/mol. The molecule has 3 heteroatoms. The molecule has 0 spiro atoms. The van der Waals surface area contributed by atoms with E-state index in [0.29, 0.717) is 6.10 Å². The molecule has 0 unspecified atom stereocenters. The lowest BCUT2D eigenvalue weighted by molar-refractivity contribution is 0.110. The molecule has 1 aliphatic rings. The van der Waals surface area contributed by atoms with Crippen LogP contribution >= 0.6 is 0 Å². The monoisotopic (exact) mass is 230 g/mol. The molecular weight excluding hydrogens is 212 g/mol. The number of ether oxygens (including phenoxy) is 1. The fourth-order valence-electron chi connectivity index (χ4n) is 2.39. The minimum atomic E-state index is 0.421. The summed E-state index contributed by atoms with van der Waals surface area (Å²) in [5.41, 5.74) is 2.53. The number of benzene rings is 1. The van der Waals surface area contributed by atoms with E-state index in [1.54, 1.807) is 0 Å². The van der Waals surface area contributed by atoms with Gasteiger partial charge in [0.15, 0.2) is 0 Å². The first-order valence-corrected chi connectivity index (χ1v) is 6.30. The van der Waals surface area contributed by atoms with Gasteiger partial charge in [-0.25, -0.2) is 0 Å². The van der Waals surface area contributed by atoms with Gasteiger partial charge in [-0.15, -0.1) is 0 Å². The topological polar surface area (TPSA) is 37.0 Å². The van der Waals surface area contributed by atoms with Crippen molar-refractivity contribution in [2.75, 3.05) is 13.2 Å². The molecule has 0 amide bonds. The van der Waals surface area contributed by atoms with Crippen LogP contribution in [0.5, 0.6) is 0 Å². The molecule has 1 aliphatic heterocycles. The lowest BCUT2D eigenvalue weighted by atomic mass is 10.1. The summed E-state index contributed by atoms with van der Waals surface area (Å²) in [4.78, 5) is 3.24. The molecular formula is C14H18N2O. The van der Waals surface area contributed by atoms with Crippen LogP contribution in [-0.2, 0) is 11.3 Å². The summed E-state index contributed by atoms with van der Waals surface area (Å²) in [5, 5.41) is 4.73. The van der Waals surface area contributed by atoms with Crippen molar-refractivity contribution >= 4 is 10.9 Å². The van der Waals surface area contributed by atoms with Crippen molar-refractivity contribution in [2.45, 2.75) is 25.5 Å². The number of aromatic amines is 1. The van der Waals surface area contributed by atoms with E-state index in [4.69, 9.17) is 4.74 Å². The van der Waals surface area contributed by atoms with Crippen molar-refractivity contribution in [1.29, 1.82) is 0 Å². The van der Waals surface area contributed by atoms with Gasteiger partial charge in [0.05, 0.1) is 6.10 Å². The minimum absolute atomic E-state index is 0.421. The second-order valence-corrected chi connectivity index (χ2v) is 4.67. The zero-order valence-corrected chi connectivity index (χ0v) is 9.91. The van der Waals surface area contributed by atoms with Crippen LogP contribution in [-0.4, -0.2) is 24.2 Å². The molecule has 17 heavy (non-hydrogen) atoms. The molecule has 90 valence electrons. The molecule has 3 rings (SSSR count). The number of rotatable bonds is 4. The smallest absolute Gasteiger partial charge is 0.0700 e. The Morgan fingerprint density at radius 2 is 2.35 bits per heavy atom. The molecule has 1 aromatic carbocycles. The third-order valence-corrected chi connectivity index (χ3v) is 3.34. The van der Waals surface area contributed by atoms with E-state index < -0.39 is 0 Å². The zero-order chi connectivity index (χ0) is 11.5. The Labute approximate surface area is 101 Å². The van der Waals surface area contributed by atoms with Crippen LogP contribution in [0.1, 0.15) is 18.4 Å². The van der Waals surface area contributed by atoms with Gasteiger partial charge in [-0.2, -0.15) is 0 Å². The molecule has 2 aromatic rings. The second-order valence-electron chi connectivity index (χ2n) is 4.67. The van der Waals surface area contributed by atoms with Gasteiger partial charge in [0.1, 0.15) is 0 Å². The molecule has 1 saturated heterocycles. The maximum absolute atomic E-state index is 5.58. The van der Waals surface area contributed by atoms with Crippen LogP contribution in [0, 0.1) is 0 Å². The Morgan fingerprint density at radius 3 is 3.24 bits per heavy atom. The highest BCUT2D eigenvalue weighted by Crippen LogP contribution is 2.14. The number of H-pyrrole nitrogens is 1. The quantitative estimate of drug-likeness (QED) is 0.846. The third kappa shape index (κ3) is 2.51. The average molecular weight is 230 g/mol. The Bertz CT molecular complexity index is 486. The molecule has 1 fully saturated rings. The van der Waals surface area contributed by atoms with Crippen molar-refractivity contribution in [3.63, 3.8) is 0 Å². The normalized spacial score (nSPS) is 20.1. The fraction of sp³-hybridized carbons (Fsp3) is 0.429. The summed E-state index contributed by atoms with van der Waals surface area (Å²) < 4.78 is 5.58. The molecule has 1 aromatic heterocycles. The minimum Gasteiger partial charge on any atom is -0.377 e. The summed E-state index contributed by atoms with van der Waals surface area (Å²) in [6.07, 6.45) is 4.81. The van der Waals surface area contributed by atoms with E-state index in [1.165, 1.54) is 29.3 Å². The number of hydrogen-bond donors (Lipinski definition) is 2. The van der Waals surface area contributed by atoms with Gasteiger partial charge in [0.2, 0.25) is 0 Å². The van der Waals surface area contributed by atoms with Gasteiger partial charge < -0.3 is 15.0 Å². The van der Waals surface area contributed by atoms with E-state index in [9.17, 15) is 0 Å². The first-order valence-electron chi connectivity index (χ1n) is 6.30. The van der Waals surface area contributed by atoms with Crippen LogP contribution in [0.4, 0.5) is 0 Å². The predicted octanol–water partition coefficient (Wildman–Crippen LogP) is 2.44. The van der Waals surface area contributed by atoms with Crippen molar-refractivity contribution < 1.29 is 4.74 Å². The SMILES string of the molecule is c1cc2ccc(CNC[C@@H]3CCCO3)cc2[nH]1. The molecule has 1 atom stereocenters. The summed E-state index contributed by atoms with van der Waals surface area (Å²) in [7, 11) is 0. The molecule has 3 nitrogen and oxygen atoms in total. The molecule has 2 N–H and O–H groups in total. The van der Waals surface area contributed by atoms with Gasteiger partial charge in [-0.05, 0) is 35.9 Å². The van der Waals surface area contributed by atoms with Gasteiger partial charge >= 0.3 is 0 Å². The number of hydrogen-bond acceptors (Lipinski definition) is 2. The standard InChI is InChI=1S/C14H18N2O/c1-2-13(17-7-1)10-15-9-11-3-4-12-5-6-16-14(12)8-11/h3-6,8,13,15-16H,1-2,7,9-10H2/t13-/m0/s1. The summed E-state index contributed by atoms with van der Waals surface area (Å²) in [6.45, 7) is 2.80. The van der Waals surface area contributed by atoms with Crippen molar-refractivity contribution in [3.05, 3.63) is 36.0 Å². The Balaban J connectivity index is 1.56. The van der Waals surface area contributed by atoms with Crippen molar-refractivity contribution in [1.82, 2.24) is 10.3 Å². The van der Waals surface area contributed by atoms with Crippen LogP contribution in [0.25, 0.3) is 10.9 Å². The van der Waals surface area contributed by atoms with Crippen LogP contribution in [0.15, 0.2) is 30.5 Å². The molecule has 0 saturated carbocycles. The zero-order valence-electron chi connectivity index (χ0n) is 9.91. The highest BCUT2D eigenvalue weighted by molar-refractivity contribution is 5.79. The summed E-state index contributed by atoms with van der Waals surface area (Å²) >= 11 is 0. The van der Waals surface area contributed by atoms with Crippen LogP contribution in [0.2, 0.25) is 0 Å². The van der Waals surface area contributed by atoms with Gasteiger partial charge in [0.25, 0.3) is 0 Å². The maximum Gasteiger partial charge on any atom is 0.0700 e. The summed E-state index contributed by atoms with van der Waals surface area (Å²) in [6, 6.07) is 8.64. The lowest BCUT2D eigenvalue weighted by Crippen LogP contribution is -2.25. The third-order valence-electron chi connectivity index (χ3n) is 3.34. The molecule has 0 radical (unpaired) electrons. The van der Waals surface area contributed by atoms with Gasteiger partial charge in [-0.3, -0.25) is 0 Å². The first-order chi connectivity index (χ1) is 8.42. The van der Waals surface area contributed by atoms with E-state index in [1.807, 2.05) is 6.20 Å². The Kier molecular flexibility index (Phi) is 3.12. The first kappa shape index (κ1) is 10.8. The average Bonchev–Trinajstić information content (AvgIpc) is 2.98. The van der Waals surface area contributed by atoms with Crippen LogP contribution < -0.4 is 5.32 Å². The number of aromatic nitrogens is 1. The second kappa shape index (κ2) is 4.90. The van der Waals surface area contributed by atoms with E-state index in [0.717, 1.165) is 19.7 Å². The fourth-order valence-corrected chi connectivity index (χ4v) is 2.39. The highest BCUT2D eigenvalue weighted by atomic mass is 16.5. The number of fused-ring (bicyclic) bond motifs is 1. The Hall–Kier alpha value is -1.32. The van der Waals surface area contributed by atoms with E-state index in [-0.39, 0.29) is 0 Å². The van der Waals surface area contributed by atoms with Crippen molar-refractivity contribution in [2.24, 2.45) is 0 Å². The molecule has 0 aliphatic carbocycles. The maximum atomic E-state index is 5.58. The van der Waals surface area contributed by atoms with Gasteiger partial charge in [-0.1, -0.05) is 12.1 Å². The van der Waals surface area contributed by atoms with Gasteiger partial charge in [0, 0.05) is 31.4 Å².